The zero-order valence-corrected chi connectivity index (χ0v) is 11.5. The lowest BCUT2D eigenvalue weighted by Gasteiger charge is -2.12. The van der Waals surface area contributed by atoms with Crippen LogP contribution in [-0.2, 0) is 6.61 Å². The van der Waals surface area contributed by atoms with Crippen molar-refractivity contribution < 1.29 is 4.74 Å². The third-order valence-electron chi connectivity index (χ3n) is 2.66. The molecule has 0 bridgehead atoms. The Kier molecular flexibility index (Phi) is 3.82. The number of rotatable bonds is 3. The van der Waals surface area contributed by atoms with Gasteiger partial charge >= 0.3 is 0 Å². The lowest BCUT2D eigenvalue weighted by Crippen LogP contribution is -2.02. The number of hydrogen-bond acceptors (Lipinski definition) is 3. The van der Waals surface area contributed by atoms with E-state index in [4.69, 9.17) is 16.3 Å². The highest BCUT2D eigenvalue weighted by atomic mass is 35.5. The Labute approximate surface area is 112 Å². The van der Waals surface area contributed by atoms with Crippen LogP contribution in [0.2, 0.25) is 5.15 Å². The topological polar surface area (TPSA) is 35.0 Å². The van der Waals surface area contributed by atoms with Crippen molar-refractivity contribution in [3.8, 4) is 5.75 Å². The minimum absolute atomic E-state index is 0.390. The molecule has 0 saturated heterocycles. The molecular weight excluding hydrogens is 248 g/mol. The van der Waals surface area contributed by atoms with Crippen LogP contribution in [-0.4, -0.2) is 10.2 Å². The fourth-order valence-corrected chi connectivity index (χ4v) is 2.06. The van der Waals surface area contributed by atoms with Crippen LogP contribution in [0, 0.1) is 20.8 Å². The van der Waals surface area contributed by atoms with Gasteiger partial charge in [0.15, 0.2) is 5.15 Å². The second-order valence-electron chi connectivity index (χ2n) is 4.36. The summed E-state index contributed by atoms with van der Waals surface area (Å²) < 4.78 is 5.80. The molecule has 94 valence electrons. The highest BCUT2D eigenvalue weighted by Crippen LogP contribution is 2.25. The van der Waals surface area contributed by atoms with E-state index in [9.17, 15) is 0 Å². The smallest absolute Gasteiger partial charge is 0.151 e. The van der Waals surface area contributed by atoms with Crippen molar-refractivity contribution in [2.75, 3.05) is 0 Å². The van der Waals surface area contributed by atoms with Crippen LogP contribution in [0.3, 0.4) is 0 Å². The van der Waals surface area contributed by atoms with Gasteiger partial charge in [0.05, 0.1) is 0 Å². The average molecular weight is 263 g/mol. The van der Waals surface area contributed by atoms with E-state index in [1.54, 1.807) is 6.07 Å². The van der Waals surface area contributed by atoms with E-state index >= 15 is 0 Å². The van der Waals surface area contributed by atoms with Gasteiger partial charge in [-0.05, 0) is 44.0 Å². The molecule has 0 spiro atoms. The van der Waals surface area contributed by atoms with Gasteiger partial charge in [0, 0.05) is 0 Å². The van der Waals surface area contributed by atoms with Crippen LogP contribution in [0.25, 0.3) is 0 Å². The summed E-state index contributed by atoms with van der Waals surface area (Å²) in [5, 5.41) is 8.14. The first-order valence-corrected chi connectivity index (χ1v) is 6.13. The number of benzene rings is 1. The van der Waals surface area contributed by atoms with E-state index in [0.29, 0.717) is 11.8 Å². The molecule has 0 atom stereocenters. The number of ether oxygens (including phenoxy) is 1. The normalized spacial score (nSPS) is 10.4. The first kappa shape index (κ1) is 12.8. The van der Waals surface area contributed by atoms with Crippen LogP contribution in [0.4, 0.5) is 0 Å². The standard InChI is InChI=1S/C14H15ClN2O/c1-9-6-10(2)14(11(3)7-9)18-8-12-4-5-13(15)17-16-12/h4-7H,8H2,1-3H3. The van der Waals surface area contributed by atoms with Crippen LogP contribution < -0.4 is 4.74 Å². The molecule has 0 aliphatic rings. The van der Waals surface area contributed by atoms with Crippen molar-refractivity contribution in [1.82, 2.24) is 10.2 Å². The van der Waals surface area contributed by atoms with Gasteiger partial charge in [-0.25, -0.2) is 0 Å². The monoisotopic (exact) mass is 262 g/mol. The summed E-state index contributed by atoms with van der Waals surface area (Å²) >= 11 is 5.68. The molecule has 0 aliphatic carbocycles. The van der Waals surface area contributed by atoms with E-state index in [2.05, 4.69) is 29.3 Å². The third-order valence-corrected chi connectivity index (χ3v) is 2.86. The summed E-state index contributed by atoms with van der Waals surface area (Å²) in [4.78, 5) is 0. The number of aryl methyl sites for hydroxylation is 3. The first-order valence-electron chi connectivity index (χ1n) is 5.75. The highest BCUT2D eigenvalue weighted by Gasteiger charge is 2.06. The van der Waals surface area contributed by atoms with Gasteiger partial charge in [-0.15, -0.1) is 5.10 Å². The summed E-state index contributed by atoms with van der Waals surface area (Å²) in [6.45, 7) is 6.56. The molecule has 0 aliphatic heterocycles. The van der Waals surface area contributed by atoms with Crippen molar-refractivity contribution in [3.63, 3.8) is 0 Å². The fourth-order valence-electron chi connectivity index (χ4n) is 1.96. The summed E-state index contributed by atoms with van der Waals surface area (Å²) in [5.74, 6) is 0.914. The van der Waals surface area contributed by atoms with Gasteiger partial charge in [0.25, 0.3) is 0 Å². The molecule has 1 aromatic carbocycles. The molecule has 0 fully saturated rings. The second-order valence-corrected chi connectivity index (χ2v) is 4.75. The van der Waals surface area contributed by atoms with Crippen molar-refractivity contribution in [1.29, 1.82) is 0 Å². The van der Waals surface area contributed by atoms with Crippen molar-refractivity contribution in [2.45, 2.75) is 27.4 Å². The first-order chi connectivity index (χ1) is 8.56. The van der Waals surface area contributed by atoms with Crippen LogP contribution in [0.5, 0.6) is 5.75 Å². The lowest BCUT2D eigenvalue weighted by atomic mass is 10.1. The Morgan fingerprint density at radius 3 is 2.28 bits per heavy atom. The highest BCUT2D eigenvalue weighted by molar-refractivity contribution is 6.29. The van der Waals surface area contributed by atoms with Crippen LogP contribution >= 0.6 is 11.6 Å². The molecule has 18 heavy (non-hydrogen) atoms. The summed E-state index contributed by atoms with van der Waals surface area (Å²) in [7, 11) is 0. The Hall–Kier alpha value is -1.61. The molecule has 1 aromatic heterocycles. The largest absolute Gasteiger partial charge is 0.487 e. The van der Waals surface area contributed by atoms with E-state index in [1.165, 1.54) is 5.56 Å². The maximum Gasteiger partial charge on any atom is 0.151 e. The number of halogens is 1. The van der Waals surface area contributed by atoms with Gasteiger partial charge in [-0.3, -0.25) is 0 Å². The lowest BCUT2D eigenvalue weighted by molar-refractivity contribution is 0.295. The van der Waals surface area contributed by atoms with E-state index in [-0.39, 0.29) is 0 Å². The Morgan fingerprint density at radius 1 is 1.06 bits per heavy atom. The Morgan fingerprint density at radius 2 is 1.72 bits per heavy atom. The van der Waals surface area contributed by atoms with E-state index < -0.39 is 0 Å². The minimum Gasteiger partial charge on any atom is -0.487 e. The molecule has 0 radical (unpaired) electrons. The number of aromatic nitrogens is 2. The van der Waals surface area contributed by atoms with Gasteiger partial charge in [0.2, 0.25) is 0 Å². The van der Waals surface area contributed by atoms with Crippen LogP contribution in [0.1, 0.15) is 22.4 Å². The van der Waals surface area contributed by atoms with Crippen molar-refractivity contribution in [2.24, 2.45) is 0 Å². The second kappa shape index (κ2) is 5.36. The zero-order chi connectivity index (χ0) is 13.1. The summed E-state index contributed by atoms with van der Waals surface area (Å²) in [5.41, 5.74) is 4.27. The molecule has 0 saturated carbocycles. The molecule has 2 rings (SSSR count). The molecule has 1 heterocycles. The zero-order valence-electron chi connectivity index (χ0n) is 10.7. The predicted molar refractivity (Wildman–Crippen MR) is 72.0 cm³/mol. The minimum atomic E-state index is 0.390. The van der Waals surface area contributed by atoms with Crippen molar-refractivity contribution in [3.05, 3.63) is 51.8 Å². The van der Waals surface area contributed by atoms with Gasteiger partial charge in [-0.2, -0.15) is 5.10 Å². The predicted octanol–water partition coefficient (Wildman–Crippen LogP) is 3.63. The molecular formula is C14H15ClN2O. The van der Waals surface area contributed by atoms with Gasteiger partial charge in [-0.1, -0.05) is 29.3 Å². The third kappa shape index (κ3) is 2.99. The van der Waals surface area contributed by atoms with E-state index in [1.807, 2.05) is 19.9 Å². The fraction of sp³-hybridized carbons (Fsp3) is 0.286. The molecule has 2 aromatic rings. The Balaban J connectivity index is 2.13. The van der Waals surface area contributed by atoms with E-state index in [0.717, 1.165) is 22.6 Å². The maximum absolute atomic E-state index is 5.80. The summed E-state index contributed by atoms with van der Waals surface area (Å²) in [6.07, 6.45) is 0. The molecule has 0 amide bonds. The molecule has 0 N–H and O–H groups in total. The summed E-state index contributed by atoms with van der Waals surface area (Å²) in [6, 6.07) is 7.74. The Bertz CT molecular complexity index is 529. The van der Waals surface area contributed by atoms with Gasteiger partial charge in [0.1, 0.15) is 18.1 Å². The quantitative estimate of drug-likeness (QED) is 0.847. The average Bonchev–Trinajstić information content (AvgIpc) is 2.30. The van der Waals surface area contributed by atoms with Crippen LogP contribution in [0.15, 0.2) is 24.3 Å². The molecule has 3 nitrogen and oxygen atoms in total. The number of nitrogens with zero attached hydrogens (tertiary/aromatic N) is 2. The maximum atomic E-state index is 5.80. The number of hydrogen-bond donors (Lipinski definition) is 0. The SMILES string of the molecule is Cc1cc(C)c(OCc2ccc(Cl)nn2)c(C)c1. The van der Waals surface area contributed by atoms with Crippen molar-refractivity contribution >= 4 is 11.6 Å². The molecule has 0 unspecified atom stereocenters. The molecule has 4 heteroatoms. The van der Waals surface area contributed by atoms with Gasteiger partial charge < -0.3 is 4.74 Å².